The van der Waals surface area contributed by atoms with Crippen LogP contribution in [0, 0.1) is 0 Å². The maximum atomic E-state index is 5.00. The summed E-state index contributed by atoms with van der Waals surface area (Å²) in [5.74, 6) is 0.863. The highest BCUT2D eigenvalue weighted by Crippen LogP contribution is 2.20. The first-order chi connectivity index (χ1) is 5.24. The molecule has 11 heavy (non-hydrogen) atoms. The van der Waals surface area contributed by atoms with E-state index in [0.717, 1.165) is 15.8 Å². The molecule has 0 radical (unpaired) electrons. The second-order valence-corrected chi connectivity index (χ2v) is 3.09. The van der Waals surface area contributed by atoms with E-state index in [9.17, 15) is 0 Å². The highest BCUT2D eigenvalue weighted by molar-refractivity contribution is 9.15. The highest BCUT2D eigenvalue weighted by atomic mass is 79.9. The predicted molar refractivity (Wildman–Crippen MR) is 51.0 cm³/mol. The minimum absolute atomic E-state index is 0.863. The molecule has 1 aromatic carbocycles. The third kappa shape index (κ3) is 2.09. The Hall–Kier alpha value is -0.760. The van der Waals surface area contributed by atoms with Gasteiger partial charge >= 0.3 is 0 Å². The smallest absolute Gasteiger partial charge is 0.118 e. The molecule has 0 heterocycles. The van der Waals surface area contributed by atoms with E-state index in [2.05, 4.69) is 22.5 Å². The van der Waals surface area contributed by atoms with Gasteiger partial charge in [-0.05, 0) is 17.7 Å². The maximum Gasteiger partial charge on any atom is 0.118 e. The summed E-state index contributed by atoms with van der Waals surface area (Å²) in [6, 6.07) is 7.72. The molecule has 0 unspecified atom stereocenters. The van der Waals surface area contributed by atoms with Gasteiger partial charge in [0.05, 0.1) is 7.11 Å². The fourth-order valence-electron chi connectivity index (χ4n) is 0.772. The van der Waals surface area contributed by atoms with E-state index in [4.69, 9.17) is 4.74 Å². The summed E-state index contributed by atoms with van der Waals surface area (Å²) in [4.78, 5) is 0. The van der Waals surface area contributed by atoms with Crippen LogP contribution in [-0.2, 0) is 0 Å². The molecular weight excluding hydrogens is 204 g/mol. The summed E-state index contributed by atoms with van der Waals surface area (Å²) in [6.45, 7) is 3.76. The lowest BCUT2D eigenvalue weighted by Crippen LogP contribution is -1.81. The molecule has 0 aliphatic rings. The van der Waals surface area contributed by atoms with Crippen LogP contribution in [0.5, 0.6) is 5.75 Å². The number of hydrogen-bond acceptors (Lipinski definition) is 1. The number of ether oxygens (including phenoxy) is 1. The lowest BCUT2D eigenvalue weighted by atomic mass is 10.2. The SMILES string of the molecule is C=C(Br)c1ccc(OC)cc1. The van der Waals surface area contributed by atoms with Crippen molar-refractivity contribution in [2.45, 2.75) is 0 Å². The van der Waals surface area contributed by atoms with Gasteiger partial charge in [-0.25, -0.2) is 0 Å². The summed E-state index contributed by atoms with van der Waals surface area (Å²) in [5, 5.41) is 0. The second kappa shape index (κ2) is 3.58. The number of halogens is 1. The van der Waals surface area contributed by atoms with Crippen LogP contribution >= 0.6 is 15.9 Å². The molecule has 1 nitrogen and oxygen atoms in total. The van der Waals surface area contributed by atoms with Crippen LogP contribution in [0.2, 0.25) is 0 Å². The fraction of sp³-hybridized carbons (Fsp3) is 0.111. The van der Waals surface area contributed by atoms with Crippen LogP contribution < -0.4 is 4.74 Å². The standard InChI is InChI=1S/C9H9BrO/c1-7(10)8-3-5-9(11-2)6-4-8/h3-6H,1H2,2H3. The summed E-state index contributed by atoms with van der Waals surface area (Å²) >= 11 is 3.29. The second-order valence-electron chi connectivity index (χ2n) is 2.13. The first-order valence-corrected chi connectivity index (χ1v) is 4.02. The molecule has 1 aromatic rings. The quantitative estimate of drug-likeness (QED) is 0.733. The Bertz CT molecular complexity index is 251. The Labute approximate surface area is 74.8 Å². The Kier molecular flexibility index (Phi) is 2.71. The van der Waals surface area contributed by atoms with Crippen LogP contribution in [0.4, 0.5) is 0 Å². The predicted octanol–water partition coefficient (Wildman–Crippen LogP) is 3.06. The van der Waals surface area contributed by atoms with Gasteiger partial charge in [0.15, 0.2) is 0 Å². The van der Waals surface area contributed by atoms with E-state index in [1.807, 2.05) is 24.3 Å². The molecule has 0 saturated carbocycles. The van der Waals surface area contributed by atoms with Crippen molar-refractivity contribution in [2.75, 3.05) is 7.11 Å². The first-order valence-electron chi connectivity index (χ1n) is 3.23. The molecule has 0 aliphatic carbocycles. The average Bonchev–Trinajstić information content (AvgIpc) is 2.05. The monoisotopic (exact) mass is 212 g/mol. The number of hydrogen-bond donors (Lipinski definition) is 0. The van der Waals surface area contributed by atoms with Gasteiger partial charge in [0, 0.05) is 4.48 Å². The largest absolute Gasteiger partial charge is 0.497 e. The molecule has 0 aromatic heterocycles. The molecule has 0 amide bonds. The van der Waals surface area contributed by atoms with Crippen LogP contribution in [0.15, 0.2) is 30.8 Å². The summed E-state index contributed by atoms with van der Waals surface area (Å²) in [7, 11) is 1.65. The minimum Gasteiger partial charge on any atom is -0.497 e. The Morgan fingerprint density at radius 3 is 2.27 bits per heavy atom. The van der Waals surface area contributed by atoms with Crippen LogP contribution in [0.25, 0.3) is 4.48 Å². The normalized spacial score (nSPS) is 9.27. The third-order valence-corrected chi connectivity index (χ3v) is 1.86. The van der Waals surface area contributed by atoms with Crippen molar-refractivity contribution < 1.29 is 4.74 Å². The topological polar surface area (TPSA) is 9.23 Å². The van der Waals surface area contributed by atoms with E-state index < -0.39 is 0 Å². The summed E-state index contributed by atoms with van der Waals surface area (Å²) < 4.78 is 5.89. The zero-order valence-electron chi connectivity index (χ0n) is 6.30. The first kappa shape index (κ1) is 8.34. The van der Waals surface area contributed by atoms with Gasteiger partial charge < -0.3 is 4.74 Å². The van der Waals surface area contributed by atoms with Crippen LogP contribution in [0.3, 0.4) is 0 Å². The molecule has 0 bridgehead atoms. The number of rotatable bonds is 2. The van der Waals surface area contributed by atoms with Crippen LogP contribution in [-0.4, -0.2) is 7.11 Å². The lowest BCUT2D eigenvalue weighted by Gasteiger charge is -2.00. The van der Waals surface area contributed by atoms with Crippen molar-refractivity contribution in [3.05, 3.63) is 36.4 Å². The van der Waals surface area contributed by atoms with Crippen molar-refractivity contribution in [3.63, 3.8) is 0 Å². The molecule has 0 atom stereocenters. The Balaban J connectivity index is 2.91. The van der Waals surface area contributed by atoms with Gasteiger partial charge in [-0.2, -0.15) is 0 Å². The van der Waals surface area contributed by atoms with Crippen LogP contribution in [0.1, 0.15) is 5.56 Å². The van der Waals surface area contributed by atoms with Crippen molar-refractivity contribution in [2.24, 2.45) is 0 Å². The molecule has 0 N–H and O–H groups in total. The van der Waals surface area contributed by atoms with Crippen molar-refractivity contribution in [1.82, 2.24) is 0 Å². The lowest BCUT2D eigenvalue weighted by molar-refractivity contribution is 0.415. The molecule has 0 fully saturated rings. The molecule has 1 rings (SSSR count). The van der Waals surface area contributed by atoms with Crippen molar-refractivity contribution >= 4 is 20.4 Å². The number of benzene rings is 1. The zero-order valence-corrected chi connectivity index (χ0v) is 7.89. The van der Waals surface area contributed by atoms with Gasteiger partial charge in [0.2, 0.25) is 0 Å². The van der Waals surface area contributed by atoms with Crippen molar-refractivity contribution in [1.29, 1.82) is 0 Å². The Morgan fingerprint density at radius 1 is 1.36 bits per heavy atom. The number of methoxy groups -OCH3 is 1. The summed E-state index contributed by atoms with van der Waals surface area (Å²) in [6.07, 6.45) is 0. The zero-order chi connectivity index (χ0) is 8.27. The van der Waals surface area contributed by atoms with Gasteiger partial charge in [0.25, 0.3) is 0 Å². The van der Waals surface area contributed by atoms with Gasteiger partial charge in [-0.1, -0.05) is 34.6 Å². The van der Waals surface area contributed by atoms with E-state index >= 15 is 0 Å². The van der Waals surface area contributed by atoms with E-state index in [1.165, 1.54) is 0 Å². The van der Waals surface area contributed by atoms with E-state index in [0.29, 0.717) is 0 Å². The molecule has 0 saturated heterocycles. The molecule has 0 spiro atoms. The van der Waals surface area contributed by atoms with Crippen molar-refractivity contribution in [3.8, 4) is 5.75 Å². The minimum atomic E-state index is 0.863. The fourth-order valence-corrected chi connectivity index (χ4v) is 1.04. The summed E-state index contributed by atoms with van der Waals surface area (Å²) in [5.41, 5.74) is 1.07. The molecule has 58 valence electrons. The highest BCUT2D eigenvalue weighted by Gasteiger charge is 1.93. The van der Waals surface area contributed by atoms with E-state index in [1.54, 1.807) is 7.11 Å². The molecular formula is C9H9BrO. The maximum absolute atomic E-state index is 5.00. The van der Waals surface area contributed by atoms with Gasteiger partial charge in [-0.15, -0.1) is 0 Å². The van der Waals surface area contributed by atoms with Gasteiger partial charge in [-0.3, -0.25) is 0 Å². The average molecular weight is 213 g/mol. The van der Waals surface area contributed by atoms with E-state index in [-0.39, 0.29) is 0 Å². The Morgan fingerprint density at radius 2 is 1.91 bits per heavy atom. The molecule has 2 heteroatoms. The van der Waals surface area contributed by atoms with Gasteiger partial charge in [0.1, 0.15) is 5.75 Å². The third-order valence-electron chi connectivity index (χ3n) is 1.40. The molecule has 0 aliphatic heterocycles.